The van der Waals surface area contributed by atoms with Gasteiger partial charge in [0.15, 0.2) is 11.5 Å². The summed E-state index contributed by atoms with van der Waals surface area (Å²) in [6.07, 6.45) is 4.86. The molecule has 0 saturated heterocycles. The van der Waals surface area contributed by atoms with Crippen LogP contribution >= 0.6 is 0 Å². The molecule has 0 aromatic heterocycles. The summed E-state index contributed by atoms with van der Waals surface area (Å²) in [7, 11) is 1.57. The lowest BCUT2D eigenvalue weighted by atomic mass is 9.91. The molecule has 2 aromatic rings. The monoisotopic (exact) mass is 458 g/mol. The van der Waals surface area contributed by atoms with Gasteiger partial charge >= 0.3 is 0 Å². The SMILES string of the molecule is CCCCCOc1ccc(/C=C2/C(=O)N(C(C)c3ccccc3)C(=O)C(C#N)=C2C)cc1OC. The molecule has 1 aliphatic rings. The molecule has 0 aliphatic carbocycles. The maximum absolute atomic E-state index is 13.5. The van der Waals surface area contributed by atoms with Gasteiger partial charge in [0.25, 0.3) is 11.8 Å². The minimum Gasteiger partial charge on any atom is -0.493 e. The lowest BCUT2D eigenvalue weighted by molar-refractivity contribution is -0.143. The zero-order chi connectivity index (χ0) is 24.7. The predicted octanol–water partition coefficient (Wildman–Crippen LogP) is 5.62. The summed E-state index contributed by atoms with van der Waals surface area (Å²) in [5.74, 6) is 0.181. The van der Waals surface area contributed by atoms with Crippen molar-refractivity contribution in [1.29, 1.82) is 5.26 Å². The van der Waals surface area contributed by atoms with Gasteiger partial charge in [-0.05, 0) is 55.2 Å². The largest absolute Gasteiger partial charge is 0.493 e. The Balaban J connectivity index is 1.98. The number of unbranched alkanes of at least 4 members (excludes halogenated alkanes) is 2. The van der Waals surface area contributed by atoms with Crippen LogP contribution in [0.2, 0.25) is 0 Å². The minimum absolute atomic E-state index is 0.0310. The van der Waals surface area contributed by atoms with E-state index in [0.29, 0.717) is 34.8 Å². The molecule has 176 valence electrons. The number of benzene rings is 2. The second-order valence-electron chi connectivity index (χ2n) is 8.20. The molecule has 0 bridgehead atoms. The van der Waals surface area contributed by atoms with Gasteiger partial charge in [-0.25, -0.2) is 0 Å². The van der Waals surface area contributed by atoms with Gasteiger partial charge < -0.3 is 9.47 Å². The van der Waals surface area contributed by atoms with Crippen LogP contribution < -0.4 is 9.47 Å². The maximum Gasteiger partial charge on any atom is 0.272 e. The number of hydrogen-bond acceptors (Lipinski definition) is 5. The molecule has 0 N–H and O–H groups in total. The molecule has 1 unspecified atom stereocenters. The fourth-order valence-electron chi connectivity index (χ4n) is 3.93. The van der Waals surface area contributed by atoms with Crippen LogP contribution in [0.4, 0.5) is 0 Å². The van der Waals surface area contributed by atoms with E-state index in [0.717, 1.165) is 29.7 Å². The van der Waals surface area contributed by atoms with Crippen LogP contribution in [0, 0.1) is 11.3 Å². The maximum atomic E-state index is 13.5. The lowest BCUT2D eigenvalue weighted by Crippen LogP contribution is -2.44. The Kier molecular flexibility index (Phi) is 8.26. The minimum atomic E-state index is -0.577. The molecule has 0 spiro atoms. The van der Waals surface area contributed by atoms with Gasteiger partial charge in [-0.15, -0.1) is 0 Å². The van der Waals surface area contributed by atoms with Crippen LogP contribution in [0.25, 0.3) is 6.08 Å². The van der Waals surface area contributed by atoms with Crippen molar-refractivity contribution < 1.29 is 19.1 Å². The van der Waals surface area contributed by atoms with Crippen molar-refractivity contribution in [2.45, 2.75) is 46.1 Å². The van der Waals surface area contributed by atoms with Gasteiger partial charge in [-0.3, -0.25) is 14.5 Å². The molecular weight excluding hydrogens is 428 g/mol. The highest BCUT2D eigenvalue weighted by Gasteiger charge is 2.38. The summed E-state index contributed by atoms with van der Waals surface area (Å²) in [5, 5.41) is 9.68. The third-order valence-corrected chi connectivity index (χ3v) is 5.95. The standard InChI is InChI=1S/C28H30N2O4/c1-5-6-10-15-34-25-14-13-21(17-26(25)33-4)16-23-19(2)24(18-29)28(32)30(27(23)31)20(3)22-11-8-7-9-12-22/h7-9,11-14,16-17,20H,5-6,10,15H2,1-4H3/b23-16+. The van der Waals surface area contributed by atoms with E-state index in [1.807, 2.05) is 48.5 Å². The van der Waals surface area contributed by atoms with Gasteiger partial charge in [0.2, 0.25) is 0 Å². The van der Waals surface area contributed by atoms with Crippen molar-refractivity contribution in [1.82, 2.24) is 4.90 Å². The van der Waals surface area contributed by atoms with E-state index in [4.69, 9.17) is 9.47 Å². The van der Waals surface area contributed by atoms with Gasteiger partial charge in [-0.1, -0.05) is 56.2 Å². The highest BCUT2D eigenvalue weighted by atomic mass is 16.5. The first-order chi connectivity index (χ1) is 16.4. The number of imide groups is 1. The third kappa shape index (κ3) is 5.20. The molecule has 1 heterocycles. The number of nitrogens with zero attached hydrogens (tertiary/aromatic N) is 2. The Morgan fingerprint density at radius 1 is 1.06 bits per heavy atom. The molecule has 0 saturated carbocycles. The first-order valence-corrected chi connectivity index (χ1v) is 11.5. The van der Waals surface area contributed by atoms with Gasteiger partial charge in [0, 0.05) is 5.57 Å². The lowest BCUT2D eigenvalue weighted by Gasteiger charge is -2.32. The van der Waals surface area contributed by atoms with E-state index in [1.165, 1.54) is 0 Å². The van der Waals surface area contributed by atoms with E-state index in [-0.39, 0.29) is 5.57 Å². The first kappa shape index (κ1) is 24.8. The number of carbonyl (C=O) groups excluding carboxylic acids is 2. The average Bonchev–Trinajstić information content (AvgIpc) is 2.85. The van der Waals surface area contributed by atoms with Gasteiger partial charge in [-0.2, -0.15) is 5.26 Å². The summed E-state index contributed by atoms with van der Waals surface area (Å²) < 4.78 is 11.3. The molecule has 3 rings (SSSR count). The fourth-order valence-corrected chi connectivity index (χ4v) is 3.93. The second kappa shape index (κ2) is 11.3. The van der Waals surface area contributed by atoms with E-state index < -0.39 is 17.9 Å². The van der Waals surface area contributed by atoms with E-state index >= 15 is 0 Å². The molecule has 6 nitrogen and oxygen atoms in total. The van der Waals surface area contributed by atoms with E-state index in [2.05, 4.69) is 6.92 Å². The van der Waals surface area contributed by atoms with Crippen LogP contribution in [0.15, 0.2) is 65.3 Å². The van der Waals surface area contributed by atoms with Gasteiger partial charge in [0.1, 0.15) is 11.6 Å². The number of rotatable bonds is 9. The highest BCUT2D eigenvalue weighted by Crippen LogP contribution is 2.34. The normalized spacial score (nSPS) is 16.0. The molecule has 34 heavy (non-hydrogen) atoms. The van der Waals surface area contributed by atoms with Crippen LogP contribution in [0.1, 0.15) is 57.2 Å². The fraction of sp³-hybridized carbons (Fsp3) is 0.321. The Hall–Kier alpha value is -3.85. The molecule has 1 atom stereocenters. The average molecular weight is 459 g/mol. The van der Waals surface area contributed by atoms with Crippen LogP contribution in [-0.2, 0) is 9.59 Å². The third-order valence-electron chi connectivity index (χ3n) is 5.95. The topological polar surface area (TPSA) is 79.6 Å². The summed E-state index contributed by atoms with van der Waals surface area (Å²) >= 11 is 0. The molecule has 6 heteroatoms. The molecule has 0 radical (unpaired) electrons. The van der Waals surface area contributed by atoms with Crippen LogP contribution in [0.3, 0.4) is 0 Å². The Morgan fingerprint density at radius 3 is 2.44 bits per heavy atom. The Morgan fingerprint density at radius 2 is 1.79 bits per heavy atom. The predicted molar refractivity (Wildman–Crippen MR) is 131 cm³/mol. The molecular formula is C28H30N2O4. The number of hydrogen-bond donors (Lipinski definition) is 0. The summed E-state index contributed by atoms with van der Waals surface area (Å²) in [5.41, 5.74) is 2.16. The molecule has 2 amide bonds. The smallest absolute Gasteiger partial charge is 0.272 e. The zero-order valence-corrected chi connectivity index (χ0v) is 20.1. The summed E-state index contributed by atoms with van der Waals surface area (Å²) in [6, 6.07) is 16.2. The zero-order valence-electron chi connectivity index (χ0n) is 20.1. The second-order valence-corrected chi connectivity index (χ2v) is 8.20. The van der Waals surface area contributed by atoms with Crippen molar-refractivity contribution in [3.63, 3.8) is 0 Å². The Bertz CT molecular complexity index is 1160. The number of methoxy groups -OCH3 is 1. The summed E-state index contributed by atoms with van der Waals surface area (Å²) in [6.45, 7) is 6.16. The molecule has 1 aliphatic heterocycles. The van der Waals surface area contributed by atoms with E-state index in [9.17, 15) is 14.9 Å². The van der Waals surface area contributed by atoms with Crippen molar-refractivity contribution in [3.8, 4) is 17.6 Å². The highest BCUT2D eigenvalue weighted by molar-refractivity contribution is 6.19. The van der Waals surface area contributed by atoms with Gasteiger partial charge in [0.05, 0.1) is 19.8 Å². The van der Waals surface area contributed by atoms with Crippen molar-refractivity contribution >= 4 is 17.9 Å². The Labute approximate surface area is 201 Å². The van der Waals surface area contributed by atoms with Crippen molar-refractivity contribution in [2.24, 2.45) is 0 Å². The number of nitriles is 1. The molecule has 0 fully saturated rings. The number of amides is 2. The summed E-state index contributed by atoms with van der Waals surface area (Å²) in [4.78, 5) is 27.7. The van der Waals surface area contributed by atoms with Crippen LogP contribution in [0.5, 0.6) is 11.5 Å². The first-order valence-electron chi connectivity index (χ1n) is 11.5. The van der Waals surface area contributed by atoms with Crippen LogP contribution in [-0.4, -0.2) is 30.4 Å². The van der Waals surface area contributed by atoms with E-state index in [1.54, 1.807) is 33.1 Å². The van der Waals surface area contributed by atoms with Crippen molar-refractivity contribution in [2.75, 3.05) is 13.7 Å². The quantitative estimate of drug-likeness (QED) is 0.277. The number of carbonyl (C=O) groups is 2. The number of ether oxygens (including phenoxy) is 2. The van der Waals surface area contributed by atoms with Crippen molar-refractivity contribution in [3.05, 3.63) is 76.4 Å². The molecule has 2 aromatic carbocycles.